The van der Waals surface area contributed by atoms with E-state index < -0.39 is 54.3 Å². The van der Waals surface area contributed by atoms with Crippen LogP contribution in [0.2, 0.25) is 0 Å². The van der Waals surface area contributed by atoms with Gasteiger partial charge in [-0.25, -0.2) is 4.79 Å². The molecule has 0 aliphatic carbocycles. The minimum atomic E-state index is -1.53. The molecule has 0 bridgehead atoms. The monoisotopic (exact) mass is 361 g/mol. The van der Waals surface area contributed by atoms with E-state index in [1.807, 2.05) is 0 Å². The van der Waals surface area contributed by atoms with E-state index in [9.17, 15) is 24.3 Å². The number of carboxylic acids is 1. The highest BCUT2D eigenvalue weighted by molar-refractivity contribution is 5.93. The Bertz CT molecular complexity index is 484. The zero-order valence-corrected chi connectivity index (χ0v) is 14.1. The molecule has 25 heavy (non-hydrogen) atoms. The number of aliphatic hydroxyl groups excluding tert-OH is 1. The zero-order valence-electron chi connectivity index (χ0n) is 14.1. The second-order valence-corrected chi connectivity index (χ2v) is 5.69. The maximum Gasteiger partial charge on any atom is 0.328 e. The number of carboxylic acid groups (broad SMARTS) is 1. The first-order valence-electron chi connectivity index (χ1n) is 7.85. The Morgan fingerprint density at radius 3 is 2.12 bits per heavy atom. The van der Waals surface area contributed by atoms with Crippen LogP contribution in [0.25, 0.3) is 0 Å². The average Bonchev–Trinajstić information content (AvgIpc) is 2.49. The summed E-state index contributed by atoms with van der Waals surface area (Å²) < 4.78 is 0. The molecule has 144 valence electrons. The highest BCUT2D eigenvalue weighted by Crippen LogP contribution is 2.04. The van der Waals surface area contributed by atoms with Crippen molar-refractivity contribution in [1.29, 1.82) is 0 Å². The van der Waals surface area contributed by atoms with E-state index in [4.69, 9.17) is 22.3 Å². The molecule has 0 spiro atoms. The van der Waals surface area contributed by atoms with E-state index in [0.717, 1.165) is 0 Å². The van der Waals surface area contributed by atoms with Gasteiger partial charge in [0.05, 0.1) is 18.6 Å². The number of nitrogens with two attached hydrogens (primary N) is 3. The Morgan fingerprint density at radius 2 is 1.68 bits per heavy atom. The molecule has 11 heteroatoms. The lowest BCUT2D eigenvalue weighted by atomic mass is 10.1. The molecular weight excluding hydrogens is 334 g/mol. The fraction of sp³-hybridized carbons (Fsp3) is 0.714. The van der Waals surface area contributed by atoms with Crippen LogP contribution in [0.5, 0.6) is 0 Å². The summed E-state index contributed by atoms with van der Waals surface area (Å²) in [6.07, 6.45) is -0.463. The van der Waals surface area contributed by atoms with Gasteiger partial charge in [0, 0.05) is 0 Å². The van der Waals surface area contributed by atoms with Gasteiger partial charge < -0.3 is 38.0 Å². The first-order valence-corrected chi connectivity index (χ1v) is 7.85. The van der Waals surface area contributed by atoms with Gasteiger partial charge in [0.2, 0.25) is 17.7 Å². The number of carbonyl (C=O) groups excluding carboxylic acids is 3. The van der Waals surface area contributed by atoms with Gasteiger partial charge in [-0.1, -0.05) is 0 Å². The molecule has 0 fully saturated rings. The molecule has 3 amide bonds. The molecule has 0 aromatic heterocycles. The summed E-state index contributed by atoms with van der Waals surface area (Å²) in [7, 11) is 0. The van der Waals surface area contributed by atoms with Gasteiger partial charge in [0.1, 0.15) is 6.04 Å². The van der Waals surface area contributed by atoms with E-state index in [0.29, 0.717) is 19.4 Å². The molecule has 0 aliphatic rings. The van der Waals surface area contributed by atoms with Crippen molar-refractivity contribution >= 4 is 23.7 Å². The van der Waals surface area contributed by atoms with Crippen molar-refractivity contribution in [3.8, 4) is 0 Å². The van der Waals surface area contributed by atoms with E-state index in [2.05, 4.69) is 10.6 Å². The number of carbonyl (C=O) groups is 4. The molecule has 0 saturated carbocycles. The summed E-state index contributed by atoms with van der Waals surface area (Å²) >= 11 is 0. The SMILES string of the molecule is CC(O)C(NC(=O)C(CCCCN)NC(=O)C(N)CC(N)=O)C(=O)O. The molecule has 0 saturated heterocycles. The summed E-state index contributed by atoms with van der Waals surface area (Å²) in [4.78, 5) is 46.1. The summed E-state index contributed by atoms with van der Waals surface area (Å²) in [5.41, 5.74) is 15.9. The summed E-state index contributed by atoms with van der Waals surface area (Å²) in [5.74, 6) is -3.74. The Morgan fingerprint density at radius 1 is 1.08 bits per heavy atom. The topological polar surface area (TPSA) is 211 Å². The van der Waals surface area contributed by atoms with E-state index >= 15 is 0 Å². The molecule has 0 rings (SSSR count). The van der Waals surface area contributed by atoms with E-state index in [-0.39, 0.29) is 6.42 Å². The van der Waals surface area contributed by atoms with Crippen LogP contribution in [-0.2, 0) is 19.2 Å². The Labute approximate surface area is 145 Å². The molecule has 0 aliphatic heterocycles. The lowest BCUT2D eigenvalue weighted by Crippen LogP contribution is -2.56. The predicted octanol–water partition coefficient (Wildman–Crippen LogP) is -3.25. The maximum absolute atomic E-state index is 12.3. The zero-order chi connectivity index (χ0) is 19.6. The Kier molecular flexibility index (Phi) is 10.3. The number of nitrogens with one attached hydrogen (secondary N) is 2. The van der Waals surface area contributed by atoms with Crippen molar-refractivity contribution in [2.75, 3.05) is 6.54 Å². The largest absolute Gasteiger partial charge is 0.480 e. The van der Waals surface area contributed by atoms with Crippen molar-refractivity contribution in [3.05, 3.63) is 0 Å². The van der Waals surface area contributed by atoms with Crippen molar-refractivity contribution in [3.63, 3.8) is 0 Å². The number of primary amides is 1. The quantitative estimate of drug-likeness (QED) is 0.175. The van der Waals surface area contributed by atoms with Gasteiger partial charge in [-0.2, -0.15) is 0 Å². The van der Waals surface area contributed by atoms with Crippen LogP contribution in [0.3, 0.4) is 0 Å². The second-order valence-electron chi connectivity index (χ2n) is 5.69. The third-order valence-corrected chi connectivity index (χ3v) is 3.38. The number of aliphatic carboxylic acids is 1. The van der Waals surface area contributed by atoms with Crippen molar-refractivity contribution in [2.45, 2.75) is 56.8 Å². The molecule has 0 aromatic rings. The normalized spacial score (nSPS) is 15.5. The highest BCUT2D eigenvalue weighted by Gasteiger charge is 2.30. The summed E-state index contributed by atoms with van der Waals surface area (Å²) in [6.45, 7) is 1.60. The lowest BCUT2D eigenvalue weighted by Gasteiger charge is -2.23. The molecule has 10 N–H and O–H groups in total. The summed E-state index contributed by atoms with van der Waals surface area (Å²) in [6, 6.07) is -3.84. The molecule has 0 aromatic carbocycles. The van der Waals surface area contributed by atoms with Crippen LogP contribution in [0, 0.1) is 0 Å². The second kappa shape index (κ2) is 11.3. The lowest BCUT2D eigenvalue weighted by molar-refractivity contribution is -0.145. The van der Waals surface area contributed by atoms with Crippen LogP contribution in [0.4, 0.5) is 0 Å². The van der Waals surface area contributed by atoms with Crippen molar-refractivity contribution in [1.82, 2.24) is 10.6 Å². The van der Waals surface area contributed by atoms with Gasteiger partial charge in [-0.15, -0.1) is 0 Å². The smallest absolute Gasteiger partial charge is 0.328 e. The fourth-order valence-electron chi connectivity index (χ4n) is 1.99. The molecular formula is C14H27N5O6. The van der Waals surface area contributed by atoms with Crippen molar-refractivity contribution < 1.29 is 29.4 Å². The van der Waals surface area contributed by atoms with Gasteiger partial charge >= 0.3 is 5.97 Å². The first-order chi connectivity index (χ1) is 11.6. The Balaban J connectivity index is 5.01. The predicted molar refractivity (Wildman–Crippen MR) is 87.9 cm³/mol. The molecule has 4 unspecified atom stereocenters. The van der Waals surface area contributed by atoms with Crippen LogP contribution in [0.1, 0.15) is 32.6 Å². The molecule has 0 radical (unpaired) electrons. The fourth-order valence-corrected chi connectivity index (χ4v) is 1.99. The molecule has 4 atom stereocenters. The first kappa shape index (κ1) is 22.8. The minimum Gasteiger partial charge on any atom is -0.480 e. The molecule has 0 heterocycles. The maximum atomic E-state index is 12.3. The van der Waals surface area contributed by atoms with E-state index in [1.165, 1.54) is 6.92 Å². The third-order valence-electron chi connectivity index (χ3n) is 3.38. The highest BCUT2D eigenvalue weighted by atomic mass is 16.4. The Hall–Kier alpha value is -2.24. The number of unbranched alkanes of at least 4 members (excludes halogenated alkanes) is 1. The number of hydrogen-bond acceptors (Lipinski definition) is 7. The van der Waals surface area contributed by atoms with Crippen LogP contribution in [-0.4, -0.2) is 64.7 Å². The minimum absolute atomic E-state index is 0.185. The number of aliphatic hydroxyl groups is 1. The number of rotatable bonds is 12. The molecule has 11 nitrogen and oxygen atoms in total. The van der Waals surface area contributed by atoms with Crippen LogP contribution in [0.15, 0.2) is 0 Å². The van der Waals surface area contributed by atoms with E-state index in [1.54, 1.807) is 0 Å². The average molecular weight is 361 g/mol. The van der Waals surface area contributed by atoms with Gasteiger partial charge in [0.15, 0.2) is 6.04 Å². The van der Waals surface area contributed by atoms with Gasteiger partial charge in [0.25, 0.3) is 0 Å². The van der Waals surface area contributed by atoms with Crippen molar-refractivity contribution in [2.24, 2.45) is 17.2 Å². The van der Waals surface area contributed by atoms with Crippen LogP contribution < -0.4 is 27.8 Å². The summed E-state index contributed by atoms with van der Waals surface area (Å²) in [5, 5.41) is 23.0. The van der Waals surface area contributed by atoms with Gasteiger partial charge in [-0.05, 0) is 32.7 Å². The standard InChI is InChI=1S/C14H27N5O6/c1-7(20)11(14(24)25)19-13(23)9(4-2-3-5-15)18-12(22)8(16)6-10(17)21/h7-9,11,20H,2-6,15-16H2,1H3,(H2,17,21)(H,18,22)(H,19,23)(H,24,25). The number of amides is 3. The van der Waals surface area contributed by atoms with Crippen LogP contribution >= 0.6 is 0 Å². The third kappa shape index (κ3) is 8.98. The number of hydrogen-bond donors (Lipinski definition) is 7. The van der Waals surface area contributed by atoms with Gasteiger partial charge in [-0.3, -0.25) is 14.4 Å².